The zero-order valence-corrected chi connectivity index (χ0v) is 16.1. The van der Waals surface area contributed by atoms with E-state index in [1.165, 1.54) is 13.4 Å². The standard InChI is InChI=1S/C18H18N4O5S/c1-11-20-13(10-27-11)15-16(28-22-21-15)18(24)26-9-5-8-19-17(23)12-6-3-4-7-14(12)25-2/h3-4,6-7,10H,5,8-9H2,1-2H3,(H,19,23). The Morgan fingerprint density at radius 1 is 1.29 bits per heavy atom. The summed E-state index contributed by atoms with van der Waals surface area (Å²) in [5.41, 5.74) is 1.21. The van der Waals surface area contributed by atoms with Crippen molar-refractivity contribution in [2.75, 3.05) is 20.3 Å². The van der Waals surface area contributed by atoms with Gasteiger partial charge < -0.3 is 19.2 Å². The molecule has 0 fully saturated rings. The summed E-state index contributed by atoms with van der Waals surface area (Å²) in [7, 11) is 1.51. The molecular formula is C18H18N4O5S. The monoisotopic (exact) mass is 402 g/mol. The molecule has 0 bridgehead atoms. The fraction of sp³-hybridized carbons (Fsp3) is 0.278. The lowest BCUT2D eigenvalue weighted by molar-refractivity contribution is 0.0507. The van der Waals surface area contributed by atoms with Crippen LogP contribution < -0.4 is 10.1 Å². The fourth-order valence-electron chi connectivity index (χ4n) is 2.40. The quantitative estimate of drug-likeness (QED) is 0.451. The van der Waals surface area contributed by atoms with Crippen molar-refractivity contribution in [1.82, 2.24) is 19.9 Å². The molecule has 0 spiro atoms. The molecule has 0 aliphatic heterocycles. The number of hydrogen-bond acceptors (Lipinski definition) is 9. The molecule has 0 aliphatic rings. The zero-order chi connectivity index (χ0) is 19.9. The van der Waals surface area contributed by atoms with Gasteiger partial charge in [0.25, 0.3) is 5.91 Å². The lowest BCUT2D eigenvalue weighted by Gasteiger charge is -2.09. The Hall–Kier alpha value is -3.27. The maximum absolute atomic E-state index is 12.3. The van der Waals surface area contributed by atoms with Crippen LogP contribution in [0.15, 0.2) is 34.9 Å². The number of nitrogens with one attached hydrogen (secondary N) is 1. The third kappa shape index (κ3) is 4.52. The highest BCUT2D eigenvalue weighted by atomic mass is 32.1. The van der Waals surface area contributed by atoms with E-state index in [1.54, 1.807) is 31.2 Å². The largest absolute Gasteiger partial charge is 0.496 e. The SMILES string of the molecule is COc1ccccc1C(=O)NCCCOC(=O)c1snnc1-c1coc(C)n1. The Kier molecular flexibility index (Phi) is 6.33. The van der Waals surface area contributed by atoms with Gasteiger partial charge in [0, 0.05) is 13.5 Å². The topological polar surface area (TPSA) is 116 Å². The average Bonchev–Trinajstić information content (AvgIpc) is 3.36. The molecule has 2 aromatic heterocycles. The summed E-state index contributed by atoms with van der Waals surface area (Å²) in [6.07, 6.45) is 1.87. The molecule has 3 rings (SSSR count). The number of carbonyl (C=O) groups is 2. The normalized spacial score (nSPS) is 10.5. The van der Waals surface area contributed by atoms with Gasteiger partial charge in [-0.1, -0.05) is 16.6 Å². The van der Waals surface area contributed by atoms with Crippen LogP contribution in [0.1, 0.15) is 32.3 Å². The molecule has 0 saturated heterocycles. The van der Waals surface area contributed by atoms with E-state index < -0.39 is 5.97 Å². The van der Waals surface area contributed by atoms with Crippen molar-refractivity contribution in [2.45, 2.75) is 13.3 Å². The van der Waals surface area contributed by atoms with Crippen LogP contribution in [0.4, 0.5) is 0 Å². The Morgan fingerprint density at radius 2 is 2.11 bits per heavy atom. The van der Waals surface area contributed by atoms with Crippen LogP contribution in [-0.2, 0) is 4.74 Å². The zero-order valence-electron chi connectivity index (χ0n) is 15.3. The molecule has 28 heavy (non-hydrogen) atoms. The van der Waals surface area contributed by atoms with E-state index in [-0.39, 0.29) is 17.4 Å². The van der Waals surface area contributed by atoms with Crippen LogP contribution >= 0.6 is 11.5 Å². The lowest BCUT2D eigenvalue weighted by Crippen LogP contribution is -2.26. The van der Waals surface area contributed by atoms with Crippen LogP contribution in [0.5, 0.6) is 5.75 Å². The summed E-state index contributed by atoms with van der Waals surface area (Å²) in [5.74, 6) is 0.175. The van der Waals surface area contributed by atoms with E-state index in [0.29, 0.717) is 41.6 Å². The molecule has 3 aromatic rings. The summed E-state index contributed by atoms with van der Waals surface area (Å²) >= 11 is 0.931. The number of aromatic nitrogens is 3. The first kappa shape index (κ1) is 19.5. The number of nitrogens with zero attached hydrogens (tertiary/aromatic N) is 3. The number of hydrogen-bond donors (Lipinski definition) is 1. The molecule has 0 saturated carbocycles. The Balaban J connectivity index is 1.47. The Bertz CT molecular complexity index is 968. The van der Waals surface area contributed by atoms with E-state index in [2.05, 4.69) is 19.9 Å². The summed E-state index contributed by atoms with van der Waals surface area (Å²) in [6.45, 7) is 2.18. The van der Waals surface area contributed by atoms with Gasteiger partial charge in [0.15, 0.2) is 10.8 Å². The van der Waals surface area contributed by atoms with Gasteiger partial charge in [-0.3, -0.25) is 4.79 Å². The fourth-order valence-corrected chi connectivity index (χ4v) is 2.97. The maximum Gasteiger partial charge on any atom is 0.352 e. The smallest absolute Gasteiger partial charge is 0.352 e. The van der Waals surface area contributed by atoms with Crippen molar-refractivity contribution in [3.63, 3.8) is 0 Å². The van der Waals surface area contributed by atoms with Crippen LogP contribution in [0.25, 0.3) is 11.4 Å². The number of rotatable bonds is 8. The number of ether oxygens (including phenoxy) is 2. The van der Waals surface area contributed by atoms with Gasteiger partial charge >= 0.3 is 5.97 Å². The summed E-state index contributed by atoms with van der Waals surface area (Å²) in [6, 6.07) is 6.94. The molecule has 1 N–H and O–H groups in total. The van der Waals surface area contributed by atoms with Crippen LogP contribution in [0, 0.1) is 6.92 Å². The summed E-state index contributed by atoms with van der Waals surface area (Å²) in [5, 5.41) is 6.68. The first-order valence-electron chi connectivity index (χ1n) is 8.43. The molecule has 0 unspecified atom stereocenters. The molecule has 146 valence electrons. The second kappa shape index (κ2) is 9.09. The van der Waals surface area contributed by atoms with Gasteiger partial charge in [-0.05, 0) is 30.1 Å². The predicted octanol–water partition coefficient (Wildman–Crippen LogP) is 2.49. The highest BCUT2D eigenvalue weighted by Crippen LogP contribution is 2.24. The second-order valence-electron chi connectivity index (χ2n) is 5.65. The minimum atomic E-state index is -0.540. The number of oxazole rings is 1. The van der Waals surface area contributed by atoms with E-state index >= 15 is 0 Å². The molecular weight excluding hydrogens is 384 g/mol. The van der Waals surface area contributed by atoms with Crippen molar-refractivity contribution >= 4 is 23.4 Å². The van der Waals surface area contributed by atoms with Gasteiger partial charge in [-0.15, -0.1) is 5.10 Å². The van der Waals surface area contributed by atoms with E-state index in [0.717, 1.165) is 11.5 Å². The minimum Gasteiger partial charge on any atom is -0.496 e. The first-order valence-corrected chi connectivity index (χ1v) is 9.20. The lowest BCUT2D eigenvalue weighted by atomic mass is 10.2. The molecule has 0 atom stereocenters. The number of carbonyl (C=O) groups excluding carboxylic acids is 2. The van der Waals surface area contributed by atoms with Gasteiger partial charge in [-0.25, -0.2) is 9.78 Å². The Labute approximate surface area is 164 Å². The number of methoxy groups -OCH3 is 1. The molecule has 0 aliphatic carbocycles. The highest BCUT2D eigenvalue weighted by Gasteiger charge is 2.21. The molecule has 1 amide bonds. The van der Waals surface area contributed by atoms with Crippen molar-refractivity contribution in [3.05, 3.63) is 46.9 Å². The van der Waals surface area contributed by atoms with E-state index in [9.17, 15) is 9.59 Å². The number of esters is 1. The van der Waals surface area contributed by atoms with Gasteiger partial charge in [0.1, 0.15) is 23.4 Å². The first-order chi connectivity index (χ1) is 13.6. The molecule has 1 aromatic carbocycles. The second-order valence-corrected chi connectivity index (χ2v) is 6.40. The van der Waals surface area contributed by atoms with Crippen molar-refractivity contribution in [2.24, 2.45) is 0 Å². The van der Waals surface area contributed by atoms with Crippen LogP contribution in [0.2, 0.25) is 0 Å². The van der Waals surface area contributed by atoms with Gasteiger partial charge in [0.2, 0.25) is 0 Å². The molecule has 0 radical (unpaired) electrons. The van der Waals surface area contributed by atoms with Gasteiger partial charge in [0.05, 0.1) is 19.3 Å². The van der Waals surface area contributed by atoms with E-state index in [1.807, 2.05) is 0 Å². The van der Waals surface area contributed by atoms with Gasteiger partial charge in [-0.2, -0.15) is 0 Å². The predicted molar refractivity (Wildman–Crippen MR) is 100 cm³/mol. The van der Waals surface area contributed by atoms with Crippen molar-refractivity contribution in [1.29, 1.82) is 0 Å². The molecule has 2 heterocycles. The number of aryl methyl sites for hydroxylation is 1. The van der Waals surface area contributed by atoms with E-state index in [4.69, 9.17) is 13.9 Å². The molecule has 9 nitrogen and oxygen atoms in total. The molecule has 10 heteroatoms. The van der Waals surface area contributed by atoms with Crippen LogP contribution in [0.3, 0.4) is 0 Å². The average molecular weight is 402 g/mol. The highest BCUT2D eigenvalue weighted by molar-refractivity contribution is 7.08. The third-order valence-corrected chi connectivity index (χ3v) is 4.43. The number of amides is 1. The number of para-hydroxylation sites is 1. The Morgan fingerprint density at radius 3 is 2.86 bits per heavy atom. The summed E-state index contributed by atoms with van der Waals surface area (Å²) in [4.78, 5) is 28.8. The summed E-state index contributed by atoms with van der Waals surface area (Å²) < 4.78 is 19.3. The number of benzene rings is 1. The van der Waals surface area contributed by atoms with Crippen molar-refractivity contribution in [3.8, 4) is 17.1 Å². The van der Waals surface area contributed by atoms with Crippen LogP contribution in [-0.4, -0.2) is 46.7 Å². The third-order valence-electron chi connectivity index (χ3n) is 3.73. The van der Waals surface area contributed by atoms with Crippen molar-refractivity contribution < 1.29 is 23.5 Å². The minimum absolute atomic E-state index is 0.139. The maximum atomic E-state index is 12.3.